The van der Waals surface area contributed by atoms with Gasteiger partial charge in [0, 0.05) is 23.7 Å². The van der Waals surface area contributed by atoms with Crippen molar-refractivity contribution in [2.45, 2.75) is 33.2 Å². The fraction of sp³-hybridized carbons (Fsp3) is 0.357. The van der Waals surface area contributed by atoms with E-state index in [4.69, 9.17) is 23.5 Å². The van der Waals surface area contributed by atoms with Gasteiger partial charge in [-0.25, -0.2) is 0 Å². The number of carbonyl (C=O) groups excluding carboxylic acids is 3. The van der Waals surface area contributed by atoms with Crippen LogP contribution in [0.5, 0.6) is 0 Å². The Balaban J connectivity index is 2.82. The minimum Gasteiger partial charge on any atom is -0.326 e. The predicted molar refractivity (Wildman–Crippen MR) is 87.2 cm³/mol. The molecule has 3 amide bonds. The van der Waals surface area contributed by atoms with Gasteiger partial charge < -0.3 is 5.32 Å². The zero-order valence-electron chi connectivity index (χ0n) is 12.9. The van der Waals surface area contributed by atoms with E-state index < -0.39 is 23.3 Å². The number of rotatable bonds is 1. The van der Waals surface area contributed by atoms with E-state index in [1.165, 1.54) is 6.92 Å². The average molecular weight is 290 g/mol. The number of hydrogen-bond donors (Lipinski definition) is 1. The lowest BCUT2D eigenvalue weighted by Crippen LogP contribution is -2.46. The lowest BCUT2D eigenvalue weighted by Gasteiger charge is -2.29. The lowest BCUT2D eigenvalue weighted by molar-refractivity contribution is -0.114. The van der Waals surface area contributed by atoms with Crippen LogP contribution in [0.3, 0.4) is 0 Å². The van der Waals surface area contributed by atoms with Gasteiger partial charge >= 0.3 is 0 Å². The second-order valence-corrected chi connectivity index (χ2v) is 6.16. The summed E-state index contributed by atoms with van der Waals surface area (Å²) >= 11 is 0. The molecule has 0 spiro atoms. The molecule has 22 heavy (non-hydrogen) atoms. The van der Waals surface area contributed by atoms with Crippen molar-refractivity contribution in [3.05, 3.63) is 11.1 Å². The molecule has 1 aliphatic rings. The van der Waals surface area contributed by atoms with Crippen molar-refractivity contribution in [1.29, 1.82) is 0 Å². The number of fused-ring (bicyclic) bond motifs is 1. The molecule has 6 radical (unpaired) electrons. The second kappa shape index (κ2) is 5.04. The van der Waals surface area contributed by atoms with Crippen LogP contribution in [-0.4, -0.2) is 51.7 Å². The molecule has 0 fully saturated rings. The van der Waals surface area contributed by atoms with Crippen LogP contribution in [-0.2, 0) is 4.79 Å². The maximum Gasteiger partial charge on any atom is 0.264 e. The number of nitrogens with zero attached hydrogens (tertiary/aromatic N) is 1. The van der Waals surface area contributed by atoms with Gasteiger partial charge in [-0.1, -0.05) is 10.9 Å². The molecule has 1 aromatic rings. The Morgan fingerprint density at radius 1 is 0.955 bits per heavy atom. The molecule has 8 heteroatoms. The first-order valence-electron chi connectivity index (χ1n) is 6.65. The van der Waals surface area contributed by atoms with E-state index in [0.717, 1.165) is 4.90 Å². The number of nitrogens with one attached hydrogen (secondary N) is 1. The standard InChI is InChI=1S/C14H13B3N2O3/c1-5(20)18-11-7-6(8(15)9(16)10(11)17)12(21)19(13(7)22)14(2,3)4/h1-4H3,(H,18,20). The molecule has 1 N–H and O–H groups in total. The topological polar surface area (TPSA) is 66.5 Å². The van der Waals surface area contributed by atoms with Crippen LogP contribution in [0.1, 0.15) is 48.4 Å². The molecule has 0 saturated carbocycles. The van der Waals surface area contributed by atoms with Gasteiger partial charge in [0.1, 0.15) is 23.5 Å². The molecular weight excluding hydrogens is 277 g/mol. The van der Waals surface area contributed by atoms with Crippen molar-refractivity contribution >= 4 is 63.3 Å². The largest absolute Gasteiger partial charge is 0.326 e. The maximum absolute atomic E-state index is 12.7. The summed E-state index contributed by atoms with van der Waals surface area (Å²) in [6.45, 7) is 6.42. The number of carbonyl (C=O) groups is 3. The Hall–Kier alpha value is -1.98. The highest BCUT2D eigenvalue weighted by molar-refractivity contribution is 6.61. The van der Waals surface area contributed by atoms with Gasteiger partial charge in [0.2, 0.25) is 5.91 Å². The van der Waals surface area contributed by atoms with E-state index in [1.807, 2.05) is 0 Å². The molecule has 2 rings (SSSR count). The summed E-state index contributed by atoms with van der Waals surface area (Å²) in [7, 11) is 17.6. The van der Waals surface area contributed by atoms with Crippen molar-refractivity contribution in [2.75, 3.05) is 5.32 Å². The average Bonchev–Trinajstić information content (AvgIpc) is 2.63. The highest BCUT2D eigenvalue weighted by Crippen LogP contribution is 2.31. The van der Waals surface area contributed by atoms with Crippen LogP contribution in [0.25, 0.3) is 0 Å². The maximum atomic E-state index is 12.7. The number of anilines is 1. The molecule has 0 bridgehead atoms. The number of benzene rings is 1. The van der Waals surface area contributed by atoms with Gasteiger partial charge in [-0.2, -0.15) is 0 Å². The third kappa shape index (κ3) is 2.27. The Bertz CT molecular complexity index is 723. The van der Waals surface area contributed by atoms with Gasteiger partial charge in [-0.05, 0) is 20.8 Å². The minimum atomic E-state index is -0.753. The van der Waals surface area contributed by atoms with Crippen LogP contribution < -0.4 is 21.7 Å². The van der Waals surface area contributed by atoms with Crippen molar-refractivity contribution in [3.8, 4) is 0 Å². The third-order valence-electron chi connectivity index (χ3n) is 3.42. The Morgan fingerprint density at radius 3 is 1.91 bits per heavy atom. The third-order valence-corrected chi connectivity index (χ3v) is 3.42. The monoisotopic (exact) mass is 290 g/mol. The van der Waals surface area contributed by atoms with Gasteiger partial charge in [-0.15, -0.1) is 5.46 Å². The fourth-order valence-corrected chi connectivity index (χ4v) is 2.48. The van der Waals surface area contributed by atoms with E-state index in [0.29, 0.717) is 0 Å². The highest BCUT2D eigenvalue weighted by Gasteiger charge is 2.44. The molecule has 0 aromatic heterocycles. The van der Waals surface area contributed by atoms with Crippen LogP contribution in [0.2, 0.25) is 0 Å². The van der Waals surface area contributed by atoms with E-state index in [2.05, 4.69) is 5.32 Å². The Morgan fingerprint density at radius 2 is 1.45 bits per heavy atom. The molecule has 1 aliphatic heterocycles. The first kappa shape index (κ1) is 16.4. The molecule has 106 valence electrons. The van der Waals surface area contributed by atoms with Crippen molar-refractivity contribution in [1.82, 2.24) is 4.90 Å². The predicted octanol–water partition coefficient (Wildman–Crippen LogP) is -1.58. The van der Waals surface area contributed by atoms with Gasteiger partial charge in [0.05, 0.1) is 5.56 Å². The van der Waals surface area contributed by atoms with Crippen molar-refractivity contribution in [2.24, 2.45) is 0 Å². The van der Waals surface area contributed by atoms with Crippen LogP contribution in [0.4, 0.5) is 5.69 Å². The summed E-state index contributed by atoms with van der Waals surface area (Å²) in [5.41, 5.74) is -0.861. The molecule has 1 heterocycles. The smallest absolute Gasteiger partial charge is 0.264 e. The SMILES string of the molecule is [B]c1c([B])c(NC(C)=O)c2c(c1[B])C(=O)N(C(C)(C)C)C2=O. The Labute approximate surface area is 133 Å². The molecule has 0 saturated heterocycles. The Kier molecular flexibility index (Phi) is 3.76. The zero-order chi connectivity index (χ0) is 17.0. The molecular formula is C14H13B3N2O3. The first-order chi connectivity index (χ1) is 9.98. The highest BCUT2D eigenvalue weighted by atomic mass is 16.2. The summed E-state index contributed by atoms with van der Waals surface area (Å²) in [5.74, 6) is -1.55. The number of hydrogen-bond acceptors (Lipinski definition) is 3. The quantitative estimate of drug-likeness (QED) is 0.501. The zero-order valence-corrected chi connectivity index (χ0v) is 12.9. The van der Waals surface area contributed by atoms with E-state index in [-0.39, 0.29) is 33.2 Å². The minimum absolute atomic E-state index is 0.0145. The van der Waals surface area contributed by atoms with Crippen LogP contribution in [0.15, 0.2) is 0 Å². The molecule has 0 aliphatic carbocycles. The fourth-order valence-electron chi connectivity index (χ4n) is 2.48. The summed E-state index contributed by atoms with van der Waals surface area (Å²) < 4.78 is 0. The molecule has 1 aromatic carbocycles. The van der Waals surface area contributed by atoms with E-state index in [1.54, 1.807) is 20.8 Å². The summed E-state index contributed by atoms with van der Waals surface area (Å²) in [6, 6.07) is 0. The first-order valence-corrected chi connectivity index (χ1v) is 6.65. The lowest BCUT2D eigenvalue weighted by atomic mass is 9.68. The van der Waals surface area contributed by atoms with E-state index >= 15 is 0 Å². The van der Waals surface area contributed by atoms with Crippen molar-refractivity contribution in [3.63, 3.8) is 0 Å². The van der Waals surface area contributed by atoms with Gasteiger partial charge in [-0.3, -0.25) is 19.3 Å². The van der Waals surface area contributed by atoms with E-state index in [9.17, 15) is 14.4 Å². The number of amides is 3. The van der Waals surface area contributed by atoms with Gasteiger partial charge in [0.15, 0.2) is 0 Å². The molecule has 5 nitrogen and oxygen atoms in total. The molecule has 0 unspecified atom stereocenters. The summed E-state index contributed by atoms with van der Waals surface area (Å²) in [5, 5.41) is 2.47. The summed E-state index contributed by atoms with van der Waals surface area (Å²) in [6.07, 6.45) is 0. The second-order valence-electron chi connectivity index (χ2n) is 6.16. The van der Waals surface area contributed by atoms with Crippen LogP contribution >= 0.6 is 0 Å². The molecule has 0 atom stereocenters. The normalized spacial score (nSPS) is 14.3. The van der Waals surface area contributed by atoms with Crippen LogP contribution in [0, 0.1) is 0 Å². The summed E-state index contributed by atoms with van der Waals surface area (Å²) in [4.78, 5) is 37.7. The van der Waals surface area contributed by atoms with Crippen molar-refractivity contribution < 1.29 is 14.4 Å². The van der Waals surface area contributed by atoms with Gasteiger partial charge in [0.25, 0.3) is 11.8 Å². The number of imide groups is 1.